The van der Waals surface area contributed by atoms with Gasteiger partial charge in [0.2, 0.25) is 5.91 Å². The first-order valence-corrected chi connectivity index (χ1v) is 6.44. The number of carbonyl (C=O) groups is 1. The Morgan fingerprint density at radius 3 is 2.44 bits per heavy atom. The zero-order chi connectivity index (χ0) is 12.6. The molecular weight excluding hydrogens is 200 g/mol. The fraction of sp³-hybridized carbons (Fsp3) is 0.923. The summed E-state index contributed by atoms with van der Waals surface area (Å²) in [5.74, 6) is 0.687. The number of hydrogen-bond acceptors (Lipinski definition) is 2. The zero-order valence-electron chi connectivity index (χ0n) is 11.3. The molecule has 0 aliphatic carbocycles. The van der Waals surface area contributed by atoms with Gasteiger partial charge in [0.15, 0.2) is 0 Å². The molecule has 0 spiro atoms. The van der Waals surface area contributed by atoms with Gasteiger partial charge in [0.25, 0.3) is 0 Å². The molecule has 0 aromatic rings. The van der Waals surface area contributed by atoms with Gasteiger partial charge < -0.3 is 11.1 Å². The van der Waals surface area contributed by atoms with E-state index >= 15 is 0 Å². The van der Waals surface area contributed by atoms with Gasteiger partial charge in [-0.3, -0.25) is 4.79 Å². The number of rotatable bonds is 8. The zero-order valence-corrected chi connectivity index (χ0v) is 11.3. The lowest BCUT2D eigenvalue weighted by Crippen LogP contribution is -2.52. The molecule has 0 aliphatic heterocycles. The molecule has 0 radical (unpaired) electrons. The molecule has 96 valence electrons. The van der Waals surface area contributed by atoms with Crippen molar-refractivity contribution in [3.63, 3.8) is 0 Å². The monoisotopic (exact) mass is 228 g/mol. The Morgan fingerprint density at radius 2 is 2.00 bits per heavy atom. The van der Waals surface area contributed by atoms with E-state index in [4.69, 9.17) is 5.73 Å². The molecule has 1 amide bonds. The fourth-order valence-corrected chi connectivity index (χ4v) is 2.02. The molecule has 0 aliphatic rings. The minimum absolute atomic E-state index is 0.141. The molecule has 3 nitrogen and oxygen atoms in total. The second kappa shape index (κ2) is 7.66. The second-order valence-electron chi connectivity index (χ2n) is 5.37. The van der Waals surface area contributed by atoms with Crippen molar-refractivity contribution in [3.05, 3.63) is 0 Å². The van der Waals surface area contributed by atoms with Crippen LogP contribution in [0, 0.1) is 5.92 Å². The molecule has 0 saturated carbocycles. The number of amides is 1. The average Bonchev–Trinajstić information content (AvgIpc) is 2.16. The minimum Gasteiger partial charge on any atom is -0.350 e. The summed E-state index contributed by atoms with van der Waals surface area (Å²) in [6.45, 7) is 8.98. The SMILES string of the molecule is CCCCCC(=O)NC(C)(CN)CC(C)C. The number of carbonyl (C=O) groups excluding carboxylic acids is 1. The maximum atomic E-state index is 11.7. The van der Waals surface area contributed by atoms with Crippen molar-refractivity contribution in [3.8, 4) is 0 Å². The first kappa shape index (κ1) is 15.4. The number of nitrogens with two attached hydrogens (primary N) is 1. The molecule has 1 atom stereocenters. The van der Waals surface area contributed by atoms with E-state index in [0.29, 0.717) is 18.9 Å². The predicted octanol–water partition coefficient (Wildman–Crippen LogP) is 2.45. The molecule has 3 heteroatoms. The third-order valence-electron chi connectivity index (χ3n) is 2.76. The van der Waals surface area contributed by atoms with E-state index in [-0.39, 0.29) is 11.4 Å². The van der Waals surface area contributed by atoms with E-state index in [1.54, 1.807) is 0 Å². The van der Waals surface area contributed by atoms with Gasteiger partial charge >= 0.3 is 0 Å². The largest absolute Gasteiger partial charge is 0.350 e. The Balaban J connectivity index is 4.04. The average molecular weight is 228 g/mol. The van der Waals surface area contributed by atoms with Crippen LogP contribution in [0.15, 0.2) is 0 Å². The van der Waals surface area contributed by atoms with Crippen molar-refractivity contribution >= 4 is 5.91 Å². The van der Waals surface area contributed by atoms with Crippen LogP contribution in [0.4, 0.5) is 0 Å². The van der Waals surface area contributed by atoms with Crippen molar-refractivity contribution in [2.24, 2.45) is 11.7 Å². The van der Waals surface area contributed by atoms with Gasteiger partial charge in [0.05, 0.1) is 0 Å². The number of unbranched alkanes of at least 4 members (excludes halogenated alkanes) is 2. The van der Waals surface area contributed by atoms with Crippen molar-refractivity contribution in [2.75, 3.05) is 6.54 Å². The highest BCUT2D eigenvalue weighted by atomic mass is 16.1. The Bertz CT molecular complexity index is 204. The molecule has 0 heterocycles. The summed E-state index contributed by atoms with van der Waals surface area (Å²) in [5, 5.41) is 3.07. The maximum Gasteiger partial charge on any atom is 0.220 e. The second-order valence-corrected chi connectivity index (χ2v) is 5.37. The summed E-state index contributed by atoms with van der Waals surface area (Å²) in [4.78, 5) is 11.7. The molecule has 1 unspecified atom stereocenters. The summed E-state index contributed by atoms with van der Waals surface area (Å²) in [5.41, 5.74) is 5.51. The Morgan fingerprint density at radius 1 is 1.38 bits per heavy atom. The normalized spacial score (nSPS) is 14.9. The maximum absolute atomic E-state index is 11.7. The van der Waals surface area contributed by atoms with Crippen LogP contribution < -0.4 is 11.1 Å². The van der Waals surface area contributed by atoms with E-state index in [1.807, 2.05) is 6.92 Å². The van der Waals surface area contributed by atoms with Gasteiger partial charge in [0, 0.05) is 18.5 Å². The topological polar surface area (TPSA) is 55.1 Å². The van der Waals surface area contributed by atoms with Crippen molar-refractivity contribution in [1.82, 2.24) is 5.32 Å². The third kappa shape index (κ3) is 6.83. The highest BCUT2D eigenvalue weighted by Gasteiger charge is 2.25. The standard InChI is InChI=1S/C13H28N2O/c1-5-6-7-8-12(16)15-13(4,10-14)9-11(2)3/h11H,5-10,14H2,1-4H3,(H,15,16). The minimum atomic E-state index is -0.239. The van der Waals surface area contributed by atoms with E-state index in [1.165, 1.54) is 0 Å². The lowest BCUT2D eigenvalue weighted by atomic mass is 9.90. The summed E-state index contributed by atoms with van der Waals surface area (Å²) >= 11 is 0. The lowest BCUT2D eigenvalue weighted by molar-refractivity contribution is -0.123. The summed E-state index contributed by atoms with van der Waals surface area (Å²) in [6.07, 6.45) is 4.81. The van der Waals surface area contributed by atoms with E-state index in [2.05, 4.69) is 26.1 Å². The smallest absolute Gasteiger partial charge is 0.220 e. The summed E-state index contributed by atoms with van der Waals surface area (Å²) < 4.78 is 0. The van der Waals surface area contributed by atoms with Crippen LogP contribution in [0.25, 0.3) is 0 Å². The van der Waals surface area contributed by atoms with Crippen LogP contribution in [0.5, 0.6) is 0 Å². The number of nitrogens with one attached hydrogen (secondary N) is 1. The predicted molar refractivity (Wildman–Crippen MR) is 69.2 cm³/mol. The van der Waals surface area contributed by atoms with Gasteiger partial charge in [-0.2, -0.15) is 0 Å². The molecule has 0 bridgehead atoms. The fourth-order valence-electron chi connectivity index (χ4n) is 2.02. The summed E-state index contributed by atoms with van der Waals surface area (Å²) in [6, 6.07) is 0. The first-order valence-electron chi connectivity index (χ1n) is 6.44. The van der Waals surface area contributed by atoms with Gasteiger partial charge in [-0.15, -0.1) is 0 Å². The van der Waals surface area contributed by atoms with Gasteiger partial charge in [0.1, 0.15) is 0 Å². The Kier molecular flexibility index (Phi) is 7.39. The Labute approximate surface area is 100 Å². The molecule has 16 heavy (non-hydrogen) atoms. The van der Waals surface area contributed by atoms with E-state index in [9.17, 15) is 4.79 Å². The van der Waals surface area contributed by atoms with Crippen LogP contribution in [-0.4, -0.2) is 18.0 Å². The van der Waals surface area contributed by atoms with Gasteiger partial charge in [-0.05, 0) is 25.7 Å². The highest BCUT2D eigenvalue weighted by molar-refractivity contribution is 5.76. The van der Waals surface area contributed by atoms with Crippen LogP contribution in [0.1, 0.15) is 59.8 Å². The van der Waals surface area contributed by atoms with Crippen LogP contribution in [0.3, 0.4) is 0 Å². The van der Waals surface area contributed by atoms with Crippen LogP contribution >= 0.6 is 0 Å². The van der Waals surface area contributed by atoms with Crippen LogP contribution in [-0.2, 0) is 4.79 Å². The van der Waals surface area contributed by atoms with Crippen LogP contribution in [0.2, 0.25) is 0 Å². The van der Waals surface area contributed by atoms with Crippen molar-refractivity contribution in [2.45, 2.75) is 65.3 Å². The lowest BCUT2D eigenvalue weighted by Gasteiger charge is -2.31. The van der Waals surface area contributed by atoms with E-state index in [0.717, 1.165) is 25.7 Å². The van der Waals surface area contributed by atoms with Gasteiger partial charge in [-0.1, -0.05) is 33.6 Å². The molecule has 0 saturated heterocycles. The quantitative estimate of drug-likeness (QED) is 0.627. The molecular formula is C13H28N2O. The Hall–Kier alpha value is -0.570. The highest BCUT2D eigenvalue weighted by Crippen LogP contribution is 2.15. The van der Waals surface area contributed by atoms with Gasteiger partial charge in [-0.25, -0.2) is 0 Å². The summed E-state index contributed by atoms with van der Waals surface area (Å²) in [7, 11) is 0. The first-order chi connectivity index (χ1) is 7.43. The van der Waals surface area contributed by atoms with Crippen molar-refractivity contribution < 1.29 is 4.79 Å². The molecule has 0 rings (SSSR count). The molecule has 0 fully saturated rings. The molecule has 0 aromatic carbocycles. The van der Waals surface area contributed by atoms with E-state index < -0.39 is 0 Å². The van der Waals surface area contributed by atoms with Crippen molar-refractivity contribution in [1.29, 1.82) is 0 Å². The number of hydrogen-bond donors (Lipinski definition) is 2. The molecule has 0 aromatic heterocycles. The third-order valence-corrected chi connectivity index (χ3v) is 2.76. The molecule has 3 N–H and O–H groups in total.